The molecule has 2 aromatic rings. The summed E-state index contributed by atoms with van der Waals surface area (Å²) >= 11 is 4.82. The molecule has 0 bridgehead atoms. The van der Waals surface area contributed by atoms with Gasteiger partial charge in [-0.2, -0.15) is 0 Å². The van der Waals surface area contributed by atoms with Crippen LogP contribution in [-0.4, -0.2) is 5.78 Å². The maximum Gasteiger partial charge on any atom is 0.239 e. The molecule has 0 radical (unpaired) electrons. The molecule has 2 rings (SSSR count). The summed E-state index contributed by atoms with van der Waals surface area (Å²) in [6, 6.07) is 5.31. The molecule has 2 nitrogen and oxygen atoms in total. The van der Waals surface area contributed by atoms with E-state index in [0.29, 0.717) is 10.6 Å². The number of furan rings is 1. The van der Waals surface area contributed by atoms with Gasteiger partial charge >= 0.3 is 0 Å². The Morgan fingerprint density at radius 1 is 1.57 bits per heavy atom. The maximum absolute atomic E-state index is 11.8. The van der Waals surface area contributed by atoms with Gasteiger partial charge < -0.3 is 4.42 Å². The first-order valence-electron chi connectivity index (χ1n) is 4.02. The minimum absolute atomic E-state index is 0.0695. The van der Waals surface area contributed by atoms with Gasteiger partial charge in [0.2, 0.25) is 5.78 Å². The number of thiophene rings is 1. The second kappa shape index (κ2) is 3.71. The van der Waals surface area contributed by atoms with Crippen molar-refractivity contribution in [3.05, 3.63) is 44.4 Å². The average molecular weight is 271 g/mol. The van der Waals surface area contributed by atoms with Crippen LogP contribution >= 0.6 is 27.3 Å². The molecule has 0 aromatic carbocycles. The molecular formula is C10H7BrO2S. The Morgan fingerprint density at radius 3 is 2.86 bits per heavy atom. The normalized spacial score (nSPS) is 10.4. The molecule has 0 aliphatic heterocycles. The fourth-order valence-electron chi connectivity index (χ4n) is 1.16. The molecule has 0 atom stereocenters. The number of halogens is 1. The van der Waals surface area contributed by atoms with Gasteiger partial charge in [0.15, 0.2) is 5.76 Å². The van der Waals surface area contributed by atoms with Crippen molar-refractivity contribution in [2.45, 2.75) is 6.92 Å². The number of carbonyl (C=O) groups is 1. The molecule has 2 heterocycles. The highest BCUT2D eigenvalue weighted by molar-refractivity contribution is 9.10. The summed E-state index contributed by atoms with van der Waals surface area (Å²) in [5, 5.41) is 0. The fourth-order valence-corrected chi connectivity index (χ4v) is 2.92. The lowest BCUT2D eigenvalue weighted by atomic mass is 10.2. The summed E-state index contributed by atoms with van der Waals surface area (Å²) in [5.41, 5.74) is 0. The SMILES string of the molecule is Cc1cc(Br)c(C(=O)c2ccco2)s1. The highest BCUT2D eigenvalue weighted by atomic mass is 79.9. The molecule has 0 amide bonds. The molecule has 72 valence electrons. The zero-order valence-corrected chi connectivity index (χ0v) is 9.81. The van der Waals surface area contributed by atoms with E-state index in [2.05, 4.69) is 15.9 Å². The number of aryl methyl sites for hydroxylation is 1. The lowest BCUT2D eigenvalue weighted by Gasteiger charge is -1.92. The van der Waals surface area contributed by atoms with E-state index in [1.807, 2.05) is 13.0 Å². The summed E-state index contributed by atoms with van der Waals surface area (Å²) < 4.78 is 5.88. The van der Waals surface area contributed by atoms with E-state index in [1.165, 1.54) is 17.6 Å². The first kappa shape index (κ1) is 9.68. The predicted molar refractivity (Wildman–Crippen MR) is 58.9 cm³/mol. The molecule has 0 spiro atoms. The third-order valence-electron chi connectivity index (χ3n) is 1.76. The van der Waals surface area contributed by atoms with Crippen LogP contribution < -0.4 is 0 Å². The van der Waals surface area contributed by atoms with Crippen molar-refractivity contribution in [3.8, 4) is 0 Å². The van der Waals surface area contributed by atoms with Crippen molar-refractivity contribution in [1.29, 1.82) is 0 Å². The quantitative estimate of drug-likeness (QED) is 0.780. The van der Waals surface area contributed by atoms with Crippen molar-refractivity contribution < 1.29 is 9.21 Å². The second-order valence-electron chi connectivity index (χ2n) is 2.84. The highest BCUT2D eigenvalue weighted by Gasteiger charge is 2.17. The number of rotatable bonds is 2. The van der Waals surface area contributed by atoms with Crippen molar-refractivity contribution in [2.75, 3.05) is 0 Å². The number of hydrogen-bond donors (Lipinski definition) is 0. The van der Waals surface area contributed by atoms with Crippen molar-refractivity contribution >= 4 is 33.0 Å². The van der Waals surface area contributed by atoms with E-state index in [0.717, 1.165) is 9.35 Å². The summed E-state index contributed by atoms with van der Waals surface area (Å²) in [5.74, 6) is 0.313. The molecule has 0 N–H and O–H groups in total. The number of hydrogen-bond acceptors (Lipinski definition) is 3. The molecule has 2 aromatic heterocycles. The van der Waals surface area contributed by atoms with Gasteiger partial charge in [0.1, 0.15) is 0 Å². The molecule has 14 heavy (non-hydrogen) atoms. The molecule has 0 aliphatic carbocycles. The Morgan fingerprint density at radius 2 is 2.36 bits per heavy atom. The molecule has 0 unspecified atom stereocenters. The first-order valence-corrected chi connectivity index (χ1v) is 5.63. The minimum atomic E-state index is -0.0695. The van der Waals surface area contributed by atoms with Gasteiger partial charge in [0, 0.05) is 9.35 Å². The topological polar surface area (TPSA) is 30.2 Å². The van der Waals surface area contributed by atoms with Gasteiger partial charge in [0.25, 0.3) is 0 Å². The Hall–Kier alpha value is -0.870. The summed E-state index contributed by atoms with van der Waals surface area (Å²) in [4.78, 5) is 13.6. The molecule has 0 saturated heterocycles. The smallest absolute Gasteiger partial charge is 0.239 e. The van der Waals surface area contributed by atoms with E-state index >= 15 is 0 Å². The van der Waals surface area contributed by atoms with Crippen LogP contribution in [0.5, 0.6) is 0 Å². The summed E-state index contributed by atoms with van der Waals surface area (Å²) in [6.07, 6.45) is 1.50. The van der Waals surface area contributed by atoms with Gasteiger partial charge in [-0.1, -0.05) is 0 Å². The van der Waals surface area contributed by atoms with Crippen molar-refractivity contribution in [2.24, 2.45) is 0 Å². The summed E-state index contributed by atoms with van der Waals surface area (Å²) in [6.45, 7) is 1.97. The van der Waals surface area contributed by atoms with Gasteiger partial charge in [-0.05, 0) is 41.1 Å². The monoisotopic (exact) mass is 270 g/mol. The Labute approximate surface area is 93.7 Å². The van der Waals surface area contributed by atoms with E-state index in [4.69, 9.17) is 4.42 Å². The Bertz CT molecular complexity index is 456. The van der Waals surface area contributed by atoms with Crippen LogP contribution in [0.15, 0.2) is 33.4 Å². The molecule has 4 heteroatoms. The molecule has 0 aliphatic rings. The van der Waals surface area contributed by atoms with E-state index in [9.17, 15) is 4.79 Å². The van der Waals surface area contributed by atoms with Crippen LogP contribution in [0.4, 0.5) is 0 Å². The van der Waals surface area contributed by atoms with Crippen LogP contribution in [-0.2, 0) is 0 Å². The van der Waals surface area contributed by atoms with E-state index < -0.39 is 0 Å². The maximum atomic E-state index is 11.8. The predicted octanol–water partition coefficient (Wildman–Crippen LogP) is 3.64. The third kappa shape index (κ3) is 1.67. The lowest BCUT2D eigenvalue weighted by molar-refractivity contribution is 0.101. The minimum Gasteiger partial charge on any atom is -0.461 e. The van der Waals surface area contributed by atoms with Crippen LogP contribution in [0, 0.1) is 6.92 Å². The molecule has 0 fully saturated rings. The zero-order valence-electron chi connectivity index (χ0n) is 7.41. The van der Waals surface area contributed by atoms with E-state index in [1.54, 1.807) is 12.1 Å². The van der Waals surface area contributed by atoms with Crippen LogP contribution in [0.3, 0.4) is 0 Å². The number of carbonyl (C=O) groups excluding carboxylic acids is 1. The third-order valence-corrected chi connectivity index (χ3v) is 3.70. The van der Waals surface area contributed by atoms with Crippen molar-refractivity contribution in [1.82, 2.24) is 0 Å². The fraction of sp³-hybridized carbons (Fsp3) is 0.100. The van der Waals surface area contributed by atoms with Gasteiger partial charge in [-0.3, -0.25) is 4.79 Å². The standard InChI is InChI=1S/C10H7BrO2S/c1-6-5-7(11)10(14-6)9(12)8-3-2-4-13-8/h2-5H,1H3. The largest absolute Gasteiger partial charge is 0.461 e. The van der Waals surface area contributed by atoms with Gasteiger partial charge in [-0.25, -0.2) is 0 Å². The number of ketones is 1. The van der Waals surface area contributed by atoms with Crippen LogP contribution in [0.1, 0.15) is 20.3 Å². The average Bonchev–Trinajstić information content (AvgIpc) is 2.73. The second-order valence-corrected chi connectivity index (χ2v) is 4.95. The Kier molecular flexibility index (Phi) is 2.56. The Balaban J connectivity index is 2.41. The lowest BCUT2D eigenvalue weighted by Crippen LogP contribution is -1.96. The van der Waals surface area contributed by atoms with Gasteiger partial charge in [0.05, 0.1) is 11.1 Å². The highest BCUT2D eigenvalue weighted by Crippen LogP contribution is 2.28. The van der Waals surface area contributed by atoms with Crippen molar-refractivity contribution in [3.63, 3.8) is 0 Å². The molecule has 0 saturated carbocycles. The van der Waals surface area contributed by atoms with E-state index in [-0.39, 0.29) is 5.78 Å². The summed E-state index contributed by atoms with van der Waals surface area (Å²) in [7, 11) is 0. The zero-order chi connectivity index (χ0) is 10.1. The molecular weight excluding hydrogens is 264 g/mol. The van der Waals surface area contributed by atoms with Gasteiger partial charge in [-0.15, -0.1) is 11.3 Å². The van der Waals surface area contributed by atoms with Crippen LogP contribution in [0.2, 0.25) is 0 Å². The van der Waals surface area contributed by atoms with Crippen LogP contribution in [0.25, 0.3) is 0 Å². The first-order chi connectivity index (χ1) is 6.68.